The van der Waals surface area contributed by atoms with Crippen LogP contribution in [0, 0.1) is 5.41 Å². The Morgan fingerprint density at radius 2 is 1.92 bits per heavy atom. The lowest BCUT2D eigenvalue weighted by molar-refractivity contribution is -0.136. The van der Waals surface area contributed by atoms with E-state index in [2.05, 4.69) is 4.90 Å². The number of methoxy groups -OCH3 is 1. The van der Waals surface area contributed by atoms with Crippen LogP contribution >= 0.6 is 11.6 Å². The molecule has 0 aliphatic carbocycles. The highest BCUT2D eigenvalue weighted by atomic mass is 35.5. The minimum absolute atomic E-state index is 0.0440. The van der Waals surface area contributed by atoms with Crippen molar-refractivity contribution in [2.24, 2.45) is 11.1 Å². The maximum absolute atomic E-state index is 12.5. The number of piperazine rings is 1. The predicted octanol–water partition coefficient (Wildman–Crippen LogP) is 2.37. The first-order valence-electron chi connectivity index (χ1n) is 8.31. The summed E-state index contributed by atoms with van der Waals surface area (Å²) in [6, 6.07) is 5.19. The topological polar surface area (TPSA) is 58.8 Å². The van der Waals surface area contributed by atoms with Crippen LogP contribution in [0.15, 0.2) is 18.2 Å². The first-order chi connectivity index (χ1) is 11.2. The molecule has 0 saturated carbocycles. The van der Waals surface area contributed by atoms with Crippen LogP contribution in [-0.4, -0.2) is 55.0 Å². The van der Waals surface area contributed by atoms with Gasteiger partial charge in [0.25, 0.3) is 0 Å². The second kappa shape index (κ2) is 7.72. The molecule has 0 radical (unpaired) electrons. The van der Waals surface area contributed by atoms with Gasteiger partial charge in [0.2, 0.25) is 5.91 Å². The van der Waals surface area contributed by atoms with Gasteiger partial charge >= 0.3 is 0 Å². The summed E-state index contributed by atoms with van der Waals surface area (Å²) in [5, 5.41) is 0.704. The summed E-state index contributed by atoms with van der Waals surface area (Å²) in [5.74, 6) is 0.884. The molecule has 2 rings (SSSR count). The molecule has 1 saturated heterocycles. The molecule has 24 heavy (non-hydrogen) atoms. The number of halogens is 1. The Balaban J connectivity index is 1.94. The van der Waals surface area contributed by atoms with E-state index in [-0.39, 0.29) is 11.3 Å². The molecule has 0 unspecified atom stereocenters. The van der Waals surface area contributed by atoms with E-state index in [4.69, 9.17) is 22.1 Å². The fourth-order valence-electron chi connectivity index (χ4n) is 2.81. The van der Waals surface area contributed by atoms with Crippen molar-refractivity contribution in [3.63, 3.8) is 0 Å². The molecule has 0 bridgehead atoms. The number of carbonyl (C=O) groups is 1. The number of hydrogen-bond acceptors (Lipinski definition) is 4. The third kappa shape index (κ3) is 4.62. The van der Waals surface area contributed by atoms with E-state index < -0.39 is 6.04 Å². The zero-order valence-electron chi connectivity index (χ0n) is 15.0. The van der Waals surface area contributed by atoms with Crippen LogP contribution in [0.25, 0.3) is 0 Å². The monoisotopic (exact) mass is 353 g/mol. The SMILES string of the molecule is COc1ccc(Cl)cc1CN1CCN(C(=O)[C@@H](N)C(C)(C)C)CC1. The van der Waals surface area contributed by atoms with Crippen molar-refractivity contribution in [3.8, 4) is 5.75 Å². The molecule has 1 aromatic rings. The highest BCUT2D eigenvalue weighted by Gasteiger charge is 2.32. The third-order valence-corrected chi connectivity index (χ3v) is 4.75. The predicted molar refractivity (Wildman–Crippen MR) is 97.3 cm³/mol. The number of carbonyl (C=O) groups excluding carboxylic acids is 1. The highest BCUT2D eigenvalue weighted by Crippen LogP contribution is 2.25. The van der Waals surface area contributed by atoms with Crippen LogP contribution in [0.4, 0.5) is 0 Å². The molecule has 1 fully saturated rings. The van der Waals surface area contributed by atoms with Gasteiger partial charge < -0.3 is 15.4 Å². The Kier molecular flexibility index (Phi) is 6.12. The van der Waals surface area contributed by atoms with Gasteiger partial charge in [-0.2, -0.15) is 0 Å². The van der Waals surface area contributed by atoms with Gasteiger partial charge in [-0.25, -0.2) is 0 Å². The Labute approximate surface area is 149 Å². The number of nitrogens with two attached hydrogens (primary N) is 1. The van der Waals surface area contributed by atoms with Gasteiger partial charge in [-0.15, -0.1) is 0 Å². The third-order valence-electron chi connectivity index (χ3n) is 4.52. The molecule has 0 aromatic heterocycles. The fourth-order valence-corrected chi connectivity index (χ4v) is 3.00. The lowest BCUT2D eigenvalue weighted by Gasteiger charge is -2.38. The van der Waals surface area contributed by atoms with Gasteiger partial charge in [-0.3, -0.25) is 9.69 Å². The van der Waals surface area contributed by atoms with E-state index in [9.17, 15) is 4.79 Å². The van der Waals surface area contributed by atoms with E-state index in [0.717, 1.165) is 30.9 Å². The van der Waals surface area contributed by atoms with Crippen molar-refractivity contribution < 1.29 is 9.53 Å². The summed E-state index contributed by atoms with van der Waals surface area (Å²) >= 11 is 6.09. The van der Waals surface area contributed by atoms with Crippen LogP contribution in [0.3, 0.4) is 0 Å². The highest BCUT2D eigenvalue weighted by molar-refractivity contribution is 6.30. The Morgan fingerprint density at radius 1 is 1.29 bits per heavy atom. The summed E-state index contributed by atoms with van der Waals surface area (Å²) in [6.07, 6.45) is 0. The lowest BCUT2D eigenvalue weighted by atomic mass is 9.86. The van der Waals surface area contributed by atoms with Crippen molar-refractivity contribution in [3.05, 3.63) is 28.8 Å². The molecule has 6 heteroatoms. The van der Waals surface area contributed by atoms with Crippen molar-refractivity contribution in [2.75, 3.05) is 33.3 Å². The quantitative estimate of drug-likeness (QED) is 0.902. The van der Waals surface area contributed by atoms with Crippen molar-refractivity contribution in [2.45, 2.75) is 33.4 Å². The van der Waals surface area contributed by atoms with Crippen LogP contribution in [0.1, 0.15) is 26.3 Å². The number of ether oxygens (including phenoxy) is 1. The van der Waals surface area contributed by atoms with Gasteiger partial charge in [0.15, 0.2) is 0 Å². The summed E-state index contributed by atoms with van der Waals surface area (Å²) in [4.78, 5) is 16.7. The molecule has 1 heterocycles. The maximum Gasteiger partial charge on any atom is 0.240 e. The van der Waals surface area contributed by atoms with E-state index in [1.165, 1.54) is 0 Å². The second-order valence-electron chi connectivity index (χ2n) is 7.40. The molecule has 1 aromatic carbocycles. The van der Waals surface area contributed by atoms with Crippen LogP contribution in [-0.2, 0) is 11.3 Å². The Bertz CT molecular complexity index is 578. The average molecular weight is 354 g/mol. The van der Waals surface area contributed by atoms with Gasteiger partial charge in [-0.1, -0.05) is 32.4 Å². The molecule has 5 nitrogen and oxygen atoms in total. The van der Waals surface area contributed by atoms with Gasteiger partial charge in [0.1, 0.15) is 5.75 Å². The Morgan fingerprint density at radius 3 is 2.46 bits per heavy atom. The smallest absolute Gasteiger partial charge is 0.240 e. The van der Waals surface area contributed by atoms with Gasteiger partial charge in [0.05, 0.1) is 13.2 Å². The number of nitrogens with zero attached hydrogens (tertiary/aromatic N) is 2. The van der Waals surface area contributed by atoms with Gasteiger partial charge in [0, 0.05) is 43.3 Å². The Hall–Kier alpha value is -1.30. The molecular weight excluding hydrogens is 326 g/mol. The van der Waals surface area contributed by atoms with E-state index >= 15 is 0 Å². The van der Waals surface area contributed by atoms with E-state index in [1.54, 1.807) is 7.11 Å². The molecule has 0 spiro atoms. The molecule has 2 N–H and O–H groups in total. The molecule has 1 amide bonds. The summed E-state index contributed by atoms with van der Waals surface area (Å²) < 4.78 is 5.40. The van der Waals surface area contributed by atoms with E-state index in [0.29, 0.717) is 18.1 Å². The zero-order chi connectivity index (χ0) is 17.9. The lowest BCUT2D eigenvalue weighted by Crippen LogP contribution is -2.56. The van der Waals surface area contributed by atoms with Crippen molar-refractivity contribution >= 4 is 17.5 Å². The number of rotatable bonds is 4. The largest absolute Gasteiger partial charge is 0.496 e. The second-order valence-corrected chi connectivity index (χ2v) is 7.84. The molecule has 1 aliphatic rings. The fraction of sp³-hybridized carbons (Fsp3) is 0.611. The molecule has 1 aliphatic heterocycles. The first-order valence-corrected chi connectivity index (χ1v) is 8.69. The molecule has 1 atom stereocenters. The van der Waals surface area contributed by atoms with Crippen LogP contribution < -0.4 is 10.5 Å². The summed E-state index contributed by atoms with van der Waals surface area (Å²) in [6.45, 7) is 9.79. The molecule has 134 valence electrons. The summed E-state index contributed by atoms with van der Waals surface area (Å²) in [5.41, 5.74) is 6.95. The van der Waals surface area contributed by atoms with E-state index in [1.807, 2.05) is 43.9 Å². The van der Waals surface area contributed by atoms with Crippen molar-refractivity contribution in [1.82, 2.24) is 9.80 Å². The van der Waals surface area contributed by atoms with Crippen LogP contribution in [0.5, 0.6) is 5.75 Å². The number of amides is 1. The maximum atomic E-state index is 12.5. The zero-order valence-corrected chi connectivity index (χ0v) is 15.8. The number of benzene rings is 1. The molecular formula is C18H28ClN3O2. The minimum atomic E-state index is -0.461. The normalized spacial score (nSPS) is 17.7. The van der Waals surface area contributed by atoms with Gasteiger partial charge in [-0.05, 0) is 23.6 Å². The minimum Gasteiger partial charge on any atom is -0.496 e. The van der Waals surface area contributed by atoms with Crippen molar-refractivity contribution in [1.29, 1.82) is 0 Å². The van der Waals surface area contributed by atoms with Crippen LogP contribution in [0.2, 0.25) is 5.02 Å². The standard InChI is InChI=1S/C18H28ClN3O2/c1-18(2,3)16(20)17(23)22-9-7-21(8-10-22)12-13-11-14(19)5-6-15(13)24-4/h5-6,11,16H,7-10,12,20H2,1-4H3/t16-/m1/s1. The summed E-state index contributed by atoms with van der Waals surface area (Å²) in [7, 11) is 1.66. The average Bonchev–Trinajstić information content (AvgIpc) is 2.53. The first kappa shape index (κ1) is 19.0. The number of hydrogen-bond donors (Lipinski definition) is 1.